The van der Waals surface area contributed by atoms with Crippen molar-refractivity contribution in [2.45, 2.75) is 25.5 Å². The van der Waals surface area contributed by atoms with Crippen LogP contribution in [0.5, 0.6) is 0 Å². The zero-order valence-electron chi connectivity index (χ0n) is 9.93. The van der Waals surface area contributed by atoms with Crippen LogP contribution in [0.1, 0.15) is 24.9 Å². The lowest BCUT2D eigenvalue weighted by atomic mass is 9.89. The van der Waals surface area contributed by atoms with Crippen molar-refractivity contribution in [2.75, 3.05) is 6.61 Å². The van der Waals surface area contributed by atoms with Crippen molar-refractivity contribution in [3.63, 3.8) is 0 Å². The van der Waals surface area contributed by atoms with Gasteiger partial charge in [-0.3, -0.25) is 0 Å². The van der Waals surface area contributed by atoms with Gasteiger partial charge < -0.3 is 10.5 Å². The molecule has 90 valence electrons. The van der Waals surface area contributed by atoms with Gasteiger partial charge in [-0.1, -0.05) is 18.2 Å². The Labute approximate surface area is 105 Å². The number of hydrogen-bond donors (Lipinski definition) is 1. The molecule has 3 atom stereocenters. The predicted octanol–water partition coefficient (Wildman–Crippen LogP) is 3.33. The van der Waals surface area contributed by atoms with Crippen LogP contribution in [0.4, 0.5) is 0 Å². The minimum atomic E-state index is 0.101. The molecular weight excluding hydrogens is 230 g/mol. The molecular formula is C14H17NOS. The van der Waals surface area contributed by atoms with Gasteiger partial charge in [-0.05, 0) is 35.7 Å². The van der Waals surface area contributed by atoms with Gasteiger partial charge in [-0.25, -0.2) is 0 Å². The molecule has 0 spiro atoms. The number of hydrogen-bond acceptors (Lipinski definition) is 3. The van der Waals surface area contributed by atoms with E-state index in [1.54, 1.807) is 11.3 Å². The van der Waals surface area contributed by atoms with Crippen molar-refractivity contribution in [1.29, 1.82) is 0 Å². The molecule has 2 N–H and O–H groups in total. The topological polar surface area (TPSA) is 35.2 Å². The number of nitrogens with two attached hydrogens (primary N) is 1. The third-order valence-electron chi connectivity index (χ3n) is 3.77. The summed E-state index contributed by atoms with van der Waals surface area (Å²) in [4.78, 5) is 0. The molecule has 0 saturated carbocycles. The minimum Gasteiger partial charge on any atom is -0.378 e. The number of thiophene rings is 1. The zero-order valence-corrected chi connectivity index (χ0v) is 10.7. The van der Waals surface area contributed by atoms with Gasteiger partial charge in [0.25, 0.3) is 0 Å². The van der Waals surface area contributed by atoms with E-state index < -0.39 is 0 Å². The Kier molecular flexibility index (Phi) is 2.90. The standard InChI is InChI=1S/C14H17NOS/c1-9-10(6-7-16-9)14(15)12-8-17-13-5-3-2-4-11(12)13/h2-5,8-10,14H,6-7,15H2,1H3. The molecule has 0 bridgehead atoms. The fourth-order valence-corrected chi connectivity index (χ4v) is 3.71. The first-order valence-electron chi connectivity index (χ1n) is 6.10. The summed E-state index contributed by atoms with van der Waals surface area (Å²) >= 11 is 1.78. The Bertz CT molecular complexity index is 522. The quantitative estimate of drug-likeness (QED) is 0.883. The lowest BCUT2D eigenvalue weighted by molar-refractivity contribution is 0.0996. The lowest BCUT2D eigenvalue weighted by Crippen LogP contribution is -2.26. The van der Waals surface area contributed by atoms with Crippen LogP contribution in [-0.4, -0.2) is 12.7 Å². The van der Waals surface area contributed by atoms with E-state index in [0.29, 0.717) is 5.92 Å². The maximum atomic E-state index is 6.43. The second-order valence-corrected chi connectivity index (χ2v) is 5.65. The van der Waals surface area contributed by atoms with Gasteiger partial charge in [0.05, 0.1) is 6.10 Å². The first-order valence-corrected chi connectivity index (χ1v) is 6.98. The van der Waals surface area contributed by atoms with E-state index in [-0.39, 0.29) is 12.1 Å². The molecule has 2 nitrogen and oxygen atoms in total. The molecule has 1 aromatic carbocycles. The molecule has 1 aliphatic rings. The van der Waals surface area contributed by atoms with E-state index in [1.165, 1.54) is 15.6 Å². The van der Waals surface area contributed by atoms with Gasteiger partial charge in [-0.2, -0.15) is 0 Å². The van der Waals surface area contributed by atoms with Crippen LogP contribution in [-0.2, 0) is 4.74 Å². The van der Waals surface area contributed by atoms with E-state index in [9.17, 15) is 0 Å². The van der Waals surface area contributed by atoms with Gasteiger partial charge in [0.1, 0.15) is 0 Å². The van der Waals surface area contributed by atoms with Crippen LogP contribution >= 0.6 is 11.3 Å². The molecule has 2 heterocycles. The first-order chi connectivity index (χ1) is 8.27. The van der Waals surface area contributed by atoms with Crippen LogP contribution < -0.4 is 5.73 Å². The largest absolute Gasteiger partial charge is 0.378 e. The van der Waals surface area contributed by atoms with Crippen molar-refractivity contribution in [3.05, 3.63) is 35.2 Å². The molecule has 0 aliphatic carbocycles. The van der Waals surface area contributed by atoms with E-state index >= 15 is 0 Å². The molecule has 0 amide bonds. The Morgan fingerprint density at radius 2 is 2.24 bits per heavy atom. The minimum absolute atomic E-state index is 0.101. The third kappa shape index (κ3) is 1.88. The molecule has 3 heteroatoms. The summed E-state index contributed by atoms with van der Waals surface area (Å²) < 4.78 is 6.94. The maximum Gasteiger partial charge on any atom is 0.0594 e. The summed E-state index contributed by atoms with van der Waals surface area (Å²) in [6.07, 6.45) is 1.36. The van der Waals surface area contributed by atoms with Crippen molar-refractivity contribution in [3.8, 4) is 0 Å². The number of rotatable bonds is 2. The zero-order chi connectivity index (χ0) is 11.8. The van der Waals surface area contributed by atoms with Crippen LogP contribution in [0.3, 0.4) is 0 Å². The van der Waals surface area contributed by atoms with Gasteiger partial charge in [0, 0.05) is 23.3 Å². The second-order valence-electron chi connectivity index (χ2n) is 4.74. The van der Waals surface area contributed by atoms with Crippen molar-refractivity contribution in [1.82, 2.24) is 0 Å². The molecule has 0 radical (unpaired) electrons. The number of benzene rings is 1. The molecule has 17 heavy (non-hydrogen) atoms. The summed E-state index contributed by atoms with van der Waals surface area (Å²) in [5.41, 5.74) is 7.71. The lowest BCUT2D eigenvalue weighted by Gasteiger charge is -2.21. The number of fused-ring (bicyclic) bond motifs is 1. The molecule has 2 aromatic rings. The number of ether oxygens (including phenoxy) is 1. The summed E-state index contributed by atoms with van der Waals surface area (Å²) in [6.45, 7) is 2.98. The molecule has 1 aliphatic heterocycles. The SMILES string of the molecule is CC1OCCC1C(N)c1csc2ccccc12. The Morgan fingerprint density at radius 3 is 3.00 bits per heavy atom. The normalized spacial score (nSPS) is 26.5. The van der Waals surface area contributed by atoms with E-state index in [1.807, 2.05) is 0 Å². The highest BCUT2D eigenvalue weighted by Crippen LogP contribution is 2.37. The average molecular weight is 247 g/mol. The van der Waals surface area contributed by atoms with Crippen molar-refractivity contribution >= 4 is 21.4 Å². The monoisotopic (exact) mass is 247 g/mol. The average Bonchev–Trinajstić information content (AvgIpc) is 2.94. The highest BCUT2D eigenvalue weighted by molar-refractivity contribution is 7.17. The van der Waals surface area contributed by atoms with Gasteiger partial charge in [0.15, 0.2) is 0 Å². The predicted molar refractivity (Wildman–Crippen MR) is 72.3 cm³/mol. The van der Waals surface area contributed by atoms with Crippen molar-refractivity contribution in [2.24, 2.45) is 11.7 Å². The Morgan fingerprint density at radius 1 is 1.41 bits per heavy atom. The van der Waals surface area contributed by atoms with Crippen LogP contribution in [0.25, 0.3) is 10.1 Å². The van der Waals surface area contributed by atoms with Gasteiger partial charge in [-0.15, -0.1) is 11.3 Å². The first kappa shape index (κ1) is 11.2. The fraction of sp³-hybridized carbons (Fsp3) is 0.429. The highest BCUT2D eigenvalue weighted by Gasteiger charge is 2.31. The van der Waals surface area contributed by atoms with Gasteiger partial charge in [0.2, 0.25) is 0 Å². The second kappa shape index (κ2) is 4.41. The van der Waals surface area contributed by atoms with E-state index in [2.05, 4.69) is 36.6 Å². The van der Waals surface area contributed by atoms with Crippen LogP contribution in [0, 0.1) is 5.92 Å². The molecule has 3 rings (SSSR count). The van der Waals surface area contributed by atoms with Crippen LogP contribution in [0.2, 0.25) is 0 Å². The Balaban J connectivity index is 1.98. The van der Waals surface area contributed by atoms with Crippen LogP contribution in [0.15, 0.2) is 29.6 Å². The molecule has 1 saturated heterocycles. The van der Waals surface area contributed by atoms with Gasteiger partial charge >= 0.3 is 0 Å². The highest BCUT2D eigenvalue weighted by atomic mass is 32.1. The summed E-state index contributed by atoms with van der Waals surface area (Å²) in [5.74, 6) is 0.452. The van der Waals surface area contributed by atoms with Crippen molar-refractivity contribution < 1.29 is 4.74 Å². The maximum absolute atomic E-state index is 6.43. The molecule has 1 fully saturated rings. The fourth-order valence-electron chi connectivity index (χ4n) is 2.71. The summed E-state index contributed by atoms with van der Waals surface area (Å²) in [5, 5.41) is 3.52. The smallest absolute Gasteiger partial charge is 0.0594 e. The summed E-state index contributed by atoms with van der Waals surface area (Å²) in [6, 6.07) is 8.59. The molecule has 3 unspecified atom stereocenters. The summed E-state index contributed by atoms with van der Waals surface area (Å²) in [7, 11) is 0. The third-order valence-corrected chi connectivity index (χ3v) is 4.75. The van der Waals surface area contributed by atoms with E-state index in [0.717, 1.165) is 13.0 Å². The Hall–Kier alpha value is -0.900. The van der Waals surface area contributed by atoms with E-state index in [4.69, 9.17) is 10.5 Å². The molecule has 1 aromatic heterocycles.